The van der Waals surface area contributed by atoms with Crippen LogP contribution in [0.15, 0.2) is 42.6 Å². The molecule has 1 unspecified atom stereocenters. The Labute approximate surface area is 100 Å². The third-order valence-electron chi connectivity index (χ3n) is 3.17. The van der Waals surface area contributed by atoms with Gasteiger partial charge in [0.15, 0.2) is 0 Å². The summed E-state index contributed by atoms with van der Waals surface area (Å²) < 4.78 is 1.83. The van der Waals surface area contributed by atoms with Gasteiger partial charge >= 0.3 is 0 Å². The molecule has 0 spiro atoms. The van der Waals surface area contributed by atoms with Crippen molar-refractivity contribution in [1.82, 2.24) is 9.61 Å². The van der Waals surface area contributed by atoms with Gasteiger partial charge in [-0.3, -0.25) is 0 Å². The van der Waals surface area contributed by atoms with Crippen LogP contribution in [0.4, 0.5) is 5.69 Å². The van der Waals surface area contributed by atoms with E-state index in [9.17, 15) is 0 Å². The van der Waals surface area contributed by atoms with Crippen LogP contribution in [0.5, 0.6) is 0 Å². The Morgan fingerprint density at radius 2 is 2.29 bits per heavy atom. The van der Waals surface area contributed by atoms with Crippen molar-refractivity contribution in [3.63, 3.8) is 0 Å². The van der Waals surface area contributed by atoms with Crippen LogP contribution in [0.3, 0.4) is 0 Å². The van der Waals surface area contributed by atoms with E-state index in [0.29, 0.717) is 5.92 Å². The SMILES string of the molecule is CC1C=CC(c2nn3ccccc3c2N)=CC1. The Hall–Kier alpha value is -2.03. The molecule has 2 aromatic rings. The van der Waals surface area contributed by atoms with E-state index in [1.165, 1.54) is 0 Å². The van der Waals surface area contributed by atoms with Gasteiger partial charge in [0.05, 0.1) is 11.2 Å². The summed E-state index contributed by atoms with van der Waals surface area (Å²) in [5.41, 5.74) is 9.89. The van der Waals surface area contributed by atoms with Crippen molar-refractivity contribution in [3.05, 3.63) is 48.3 Å². The van der Waals surface area contributed by atoms with Crippen molar-refractivity contribution in [3.8, 4) is 0 Å². The average Bonchev–Trinajstić information content (AvgIpc) is 2.69. The first-order valence-electron chi connectivity index (χ1n) is 5.87. The second-order valence-corrected chi connectivity index (χ2v) is 4.52. The summed E-state index contributed by atoms with van der Waals surface area (Å²) in [4.78, 5) is 0. The molecule has 0 radical (unpaired) electrons. The molecule has 0 bridgehead atoms. The van der Waals surface area contributed by atoms with E-state index in [-0.39, 0.29) is 0 Å². The second kappa shape index (κ2) is 3.77. The van der Waals surface area contributed by atoms with Gasteiger partial charge in [-0.25, -0.2) is 4.52 Å². The van der Waals surface area contributed by atoms with E-state index >= 15 is 0 Å². The number of rotatable bonds is 1. The maximum Gasteiger partial charge on any atom is 0.116 e. The first-order valence-corrected chi connectivity index (χ1v) is 5.87. The van der Waals surface area contributed by atoms with Crippen LogP contribution in [-0.4, -0.2) is 9.61 Å². The fraction of sp³-hybridized carbons (Fsp3) is 0.214. The molecule has 86 valence electrons. The van der Waals surface area contributed by atoms with Crippen molar-refractivity contribution >= 4 is 16.8 Å². The molecule has 3 nitrogen and oxygen atoms in total. The maximum atomic E-state index is 6.15. The van der Waals surface area contributed by atoms with Gasteiger partial charge in [0.1, 0.15) is 5.69 Å². The molecule has 0 amide bonds. The highest BCUT2D eigenvalue weighted by molar-refractivity contribution is 5.87. The molecule has 1 aliphatic carbocycles. The molecule has 3 rings (SSSR count). The normalized spacial score (nSPS) is 19.6. The van der Waals surface area contributed by atoms with Gasteiger partial charge < -0.3 is 5.73 Å². The van der Waals surface area contributed by atoms with Crippen LogP contribution in [0, 0.1) is 5.92 Å². The molecule has 0 fully saturated rings. The minimum atomic E-state index is 0.608. The lowest BCUT2D eigenvalue weighted by Gasteiger charge is -2.10. The summed E-state index contributed by atoms with van der Waals surface area (Å²) in [6, 6.07) is 5.92. The van der Waals surface area contributed by atoms with E-state index in [1.807, 2.05) is 28.9 Å². The fourth-order valence-corrected chi connectivity index (χ4v) is 2.13. The zero-order chi connectivity index (χ0) is 11.8. The molecule has 0 saturated heterocycles. The summed E-state index contributed by atoms with van der Waals surface area (Å²) in [5, 5.41) is 4.53. The number of allylic oxidation sites excluding steroid dienone is 4. The first kappa shape index (κ1) is 10.1. The Kier molecular flexibility index (Phi) is 2.25. The topological polar surface area (TPSA) is 43.3 Å². The van der Waals surface area contributed by atoms with E-state index in [2.05, 4.69) is 30.3 Å². The Morgan fingerprint density at radius 3 is 3.00 bits per heavy atom. The number of pyridine rings is 1. The Morgan fingerprint density at radius 1 is 1.41 bits per heavy atom. The molecule has 0 saturated carbocycles. The maximum absolute atomic E-state index is 6.15. The Bertz CT molecular complexity index is 619. The lowest BCUT2D eigenvalue weighted by molar-refractivity contribution is 0.738. The van der Waals surface area contributed by atoms with Crippen LogP contribution in [0.2, 0.25) is 0 Å². The second-order valence-electron chi connectivity index (χ2n) is 4.52. The highest BCUT2D eigenvalue weighted by Gasteiger charge is 2.14. The van der Waals surface area contributed by atoms with E-state index in [0.717, 1.165) is 28.9 Å². The van der Waals surface area contributed by atoms with Gasteiger partial charge in [-0.2, -0.15) is 5.10 Å². The number of anilines is 1. The molecule has 2 heterocycles. The highest BCUT2D eigenvalue weighted by atomic mass is 15.2. The summed E-state index contributed by atoms with van der Waals surface area (Å²) in [6.45, 7) is 2.21. The number of nitrogens with zero attached hydrogens (tertiary/aromatic N) is 2. The van der Waals surface area contributed by atoms with E-state index in [1.54, 1.807) is 0 Å². The van der Waals surface area contributed by atoms with Gasteiger partial charge in [-0.15, -0.1) is 0 Å². The van der Waals surface area contributed by atoms with Gasteiger partial charge in [0.25, 0.3) is 0 Å². The molecule has 0 aromatic carbocycles. The number of hydrogen-bond donors (Lipinski definition) is 1. The van der Waals surface area contributed by atoms with Crippen LogP contribution >= 0.6 is 0 Å². The molecule has 17 heavy (non-hydrogen) atoms. The molecule has 1 atom stereocenters. The summed E-state index contributed by atoms with van der Waals surface area (Å²) in [6.07, 6.45) is 9.51. The Balaban J connectivity index is 2.13. The van der Waals surface area contributed by atoms with Gasteiger partial charge in [0, 0.05) is 6.20 Å². The number of hydrogen-bond acceptors (Lipinski definition) is 2. The third kappa shape index (κ3) is 1.64. The average molecular weight is 225 g/mol. The van der Waals surface area contributed by atoms with Crippen LogP contribution in [0.25, 0.3) is 11.1 Å². The quantitative estimate of drug-likeness (QED) is 0.811. The molecule has 0 aliphatic heterocycles. The van der Waals surface area contributed by atoms with E-state index < -0.39 is 0 Å². The number of nitrogens with two attached hydrogens (primary N) is 1. The van der Waals surface area contributed by atoms with Crippen molar-refractivity contribution in [2.45, 2.75) is 13.3 Å². The largest absolute Gasteiger partial charge is 0.395 e. The van der Waals surface area contributed by atoms with Crippen molar-refractivity contribution < 1.29 is 0 Å². The summed E-state index contributed by atoms with van der Waals surface area (Å²) in [5.74, 6) is 0.608. The summed E-state index contributed by atoms with van der Waals surface area (Å²) in [7, 11) is 0. The molecule has 2 aromatic heterocycles. The predicted octanol–water partition coefficient (Wildman–Crippen LogP) is 2.90. The van der Waals surface area contributed by atoms with Crippen molar-refractivity contribution in [2.75, 3.05) is 5.73 Å². The zero-order valence-electron chi connectivity index (χ0n) is 9.80. The van der Waals surface area contributed by atoms with E-state index in [4.69, 9.17) is 5.73 Å². The highest BCUT2D eigenvalue weighted by Crippen LogP contribution is 2.29. The zero-order valence-corrected chi connectivity index (χ0v) is 9.80. The molecule has 3 heteroatoms. The molecule has 2 N–H and O–H groups in total. The van der Waals surface area contributed by atoms with Gasteiger partial charge in [-0.05, 0) is 30.0 Å². The smallest absolute Gasteiger partial charge is 0.116 e. The first-order chi connectivity index (χ1) is 8.25. The van der Waals surface area contributed by atoms with Crippen LogP contribution in [-0.2, 0) is 0 Å². The monoisotopic (exact) mass is 225 g/mol. The number of aromatic nitrogens is 2. The predicted molar refractivity (Wildman–Crippen MR) is 70.5 cm³/mol. The van der Waals surface area contributed by atoms with Crippen LogP contribution < -0.4 is 5.73 Å². The molecular formula is C14H15N3. The number of fused-ring (bicyclic) bond motifs is 1. The lowest BCUT2D eigenvalue weighted by atomic mass is 9.96. The van der Waals surface area contributed by atoms with Gasteiger partial charge in [0.2, 0.25) is 0 Å². The van der Waals surface area contributed by atoms with Crippen LogP contribution in [0.1, 0.15) is 19.0 Å². The third-order valence-corrected chi connectivity index (χ3v) is 3.17. The standard InChI is InChI=1S/C14H15N3/c1-10-5-7-11(8-6-10)14-13(15)12-4-2-3-9-17(12)16-14/h2-5,7-10H,6,15H2,1H3. The fourth-order valence-electron chi connectivity index (χ4n) is 2.13. The minimum absolute atomic E-state index is 0.608. The number of nitrogen functional groups attached to an aromatic ring is 1. The van der Waals surface area contributed by atoms with Crippen molar-refractivity contribution in [2.24, 2.45) is 5.92 Å². The molecule has 1 aliphatic rings. The minimum Gasteiger partial charge on any atom is -0.395 e. The van der Waals surface area contributed by atoms with Gasteiger partial charge in [-0.1, -0.05) is 31.2 Å². The lowest BCUT2D eigenvalue weighted by Crippen LogP contribution is -1.97. The van der Waals surface area contributed by atoms with Crippen molar-refractivity contribution in [1.29, 1.82) is 0 Å². The summed E-state index contributed by atoms with van der Waals surface area (Å²) >= 11 is 0. The molecular weight excluding hydrogens is 210 g/mol.